The van der Waals surface area contributed by atoms with E-state index in [1.807, 2.05) is 6.92 Å². The summed E-state index contributed by atoms with van der Waals surface area (Å²) in [7, 11) is 0. The molecule has 0 aromatic heterocycles. The second-order valence-corrected chi connectivity index (χ2v) is 3.54. The van der Waals surface area contributed by atoms with E-state index < -0.39 is 0 Å². The third-order valence-corrected chi connectivity index (χ3v) is 2.41. The van der Waals surface area contributed by atoms with Crippen LogP contribution in [0.1, 0.15) is 32.6 Å². The Morgan fingerprint density at radius 2 is 2.15 bits per heavy atom. The normalized spacial score (nSPS) is 17.9. The van der Waals surface area contributed by atoms with Gasteiger partial charge in [0, 0.05) is 12.6 Å². The van der Waals surface area contributed by atoms with Crippen LogP contribution in [0.15, 0.2) is 0 Å². The molecule has 0 bridgehead atoms. The molecule has 0 aromatic rings. The smallest absolute Gasteiger partial charge is 0.172 e. The molecule has 0 atom stereocenters. The van der Waals surface area contributed by atoms with Gasteiger partial charge in [0.2, 0.25) is 0 Å². The van der Waals surface area contributed by atoms with E-state index in [9.17, 15) is 4.79 Å². The Balaban J connectivity index is 2.00. The summed E-state index contributed by atoms with van der Waals surface area (Å²) in [5, 5.41) is 3.26. The predicted molar refractivity (Wildman–Crippen MR) is 51.8 cm³/mol. The van der Waals surface area contributed by atoms with Crippen molar-refractivity contribution in [1.82, 2.24) is 5.32 Å². The first-order chi connectivity index (χ1) is 6.33. The van der Waals surface area contributed by atoms with Crippen LogP contribution in [0.5, 0.6) is 0 Å². The minimum Gasteiger partial charge on any atom is -0.374 e. The lowest BCUT2D eigenvalue weighted by Crippen LogP contribution is -2.33. The maximum absolute atomic E-state index is 11.2. The van der Waals surface area contributed by atoms with Crippen molar-refractivity contribution < 1.29 is 9.53 Å². The van der Waals surface area contributed by atoms with Crippen molar-refractivity contribution in [3.63, 3.8) is 0 Å². The van der Waals surface area contributed by atoms with Gasteiger partial charge in [0.05, 0.1) is 6.54 Å². The lowest BCUT2D eigenvalue weighted by molar-refractivity contribution is -0.122. The molecule has 1 rings (SSSR count). The van der Waals surface area contributed by atoms with Gasteiger partial charge in [-0.3, -0.25) is 4.79 Å². The van der Waals surface area contributed by atoms with Crippen LogP contribution in [-0.4, -0.2) is 31.6 Å². The van der Waals surface area contributed by atoms with E-state index in [2.05, 4.69) is 5.32 Å². The van der Waals surface area contributed by atoms with E-state index in [0.29, 0.717) is 19.2 Å². The third kappa shape index (κ3) is 4.39. The van der Waals surface area contributed by atoms with Crippen molar-refractivity contribution in [2.24, 2.45) is 0 Å². The van der Waals surface area contributed by atoms with E-state index in [1.165, 1.54) is 25.7 Å². The summed E-state index contributed by atoms with van der Waals surface area (Å²) >= 11 is 0. The zero-order chi connectivity index (χ0) is 9.52. The van der Waals surface area contributed by atoms with Gasteiger partial charge in [-0.1, -0.05) is 12.8 Å². The van der Waals surface area contributed by atoms with Crippen LogP contribution >= 0.6 is 0 Å². The van der Waals surface area contributed by atoms with Crippen LogP contribution in [0.3, 0.4) is 0 Å². The quantitative estimate of drug-likeness (QED) is 0.674. The van der Waals surface area contributed by atoms with Crippen molar-refractivity contribution in [2.75, 3.05) is 19.8 Å². The number of hydrogen-bond donors (Lipinski definition) is 1. The van der Waals surface area contributed by atoms with Crippen molar-refractivity contribution in [3.8, 4) is 0 Å². The van der Waals surface area contributed by atoms with Gasteiger partial charge in [0.15, 0.2) is 5.78 Å². The van der Waals surface area contributed by atoms with Gasteiger partial charge in [-0.15, -0.1) is 0 Å². The summed E-state index contributed by atoms with van der Waals surface area (Å²) in [5.74, 6) is 0.161. The fraction of sp³-hybridized carbons (Fsp3) is 0.900. The van der Waals surface area contributed by atoms with Crippen LogP contribution < -0.4 is 5.32 Å². The summed E-state index contributed by atoms with van der Waals surface area (Å²) in [4.78, 5) is 11.2. The molecule has 13 heavy (non-hydrogen) atoms. The molecule has 0 saturated heterocycles. The SMILES string of the molecule is CCOCC(=O)CNC1CCCC1. The van der Waals surface area contributed by atoms with E-state index in [1.54, 1.807) is 0 Å². The second kappa shape index (κ2) is 6.11. The Bertz CT molecular complexity index is 153. The van der Waals surface area contributed by atoms with Crippen molar-refractivity contribution in [1.29, 1.82) is 0 Å². The zero-order valence-corrected chi connectivity index (χ0v) is 8.34. The van der Waals surface area contributed by atoms with Gasteiger partial charge >= 0.3 is 0 Å². The van der Waals surface area contributed by atoms with E-state index in [0.717, 1.165) is 0 Å². The molecule has 0 heterocycles. The minimum absolute atomic E-state index is 0.161. The number of hydrogen-bond acceptors (Lipinski definition) is 3. The average Bonchev–Trinajstić information content (AvgIpc) is 2.64. The molecule has 3 nitrogen and oxygen atoms in total. The standard InChI is InChI=1S/C10H19NO2/c1-2-13-8-10(12)7-11-9-5-3-4-6-9/h9,11H,2-8H2,1H3. The third-order valence-electron chi connectivity index (χ3n) is 2.41. The van der Waals surface area contributed by atoms with Gasteiger partial charge in [0.25, 0.3) is 0 Å². The summed E-state index contributed by atoms with van der Waals surface area (Å²) in [6.45, 7) is 3.26. The highest BCUT2D eigenvalue weighted by molar-refractivity contribution is 5.81. The molecule has 1 N–H and O–H groups in total. The average molecular weight is 185 g/mol. The van der Waals surface area contributed by atoms with E-state index in [-0.39, 0.29) is 12.4 Å². The topological polar surface area (TPSA) is 38.3 Å². The summed E-state index contributed by atoms with van der Waals surface area (Å²) in [6.07, 6.45) is 5.05. The van der Waals surface area contributed by atoms with Gasteiger partial charge in [-0.2, -0.15) is 0 Å². The molecule has 0 aliphatic heterocycles. The first kappa shape index (κ1) is 10.7. The molecule has 1 saturated carbocycles. The molecule has 3 heteroatoms. The summed E-state index contributed by atoms with van der Waals surface area (Å²) < 4.78 is 5.02. The monoisotopic (exact) mass is 185 g/mol. The van der Waals surface area contributed by atoms with Crippen LogP contribution in [0.4, 0.5) is 0 Å². The highest BCUT2D eigenvalue weighted by atomic mass is 16.5. The van der Waals surface area contributed by atoms with E-state index in [4.69, 9.17) is 4.74 Å². The molecule has 0 spiro atoms. The number of carbonyl (C=O) groups is 1. The Kier molecular flexibility index (Phi) is 5.01. The first-order valence-corrected chi connectivity index (χ1v) is 5.15. The molecule has 0 aromatic carbocycles. The molecule has 1 aliphatic carbocycles. The lowest BCUT2D eigenvalue weighted by Gasteiger charge is -2.10. The van der Waals surface area contributed by atoms with Crippen LogP contribution in [-0.2, 0) is 9.53 Å². The molecule has 0 radical (unpaired) electrons. The van der Waals surface area contributed by atoms with Gasteiger partial charge in [0.1, 0.15) is 6.61 Å². The number of carbonyl (C=O) groups excluding carboxylic acids is 1. The summed E-state index contributed by atoms with van der Waals surface area (Å²) in [6, 6.07) is 0.575. The number of rotatable bonds is 6. The van der Waals surface area contributed by atoms with Crippen molar-refractivity contribution in [3.05, 3.63) is 0 Å². The number of Topliss-reactive ketones (excluding diaryl/α,β-unsaturated/α-hetero) is 1. The minimum atomic E-state index is 0.161. The molecule has 76 valence electrons. The highest BCUT2D eigenvalue weighted by Crippen LogP contribution is 2.17. The number of ketones is 1. The maximum atomic E-state index is 11.2. The first-order valence-electron chi connectivity index (χ1n) is 5.15. The maximum Gasteiger partial charge on any atom is 0.172 e. The highest BCUT2D eigenvalue weighted by Gasteiger charge is 2.14. The van der Waals surface area contributed by atoms with E-state index >= 15 is 0 Å². The Labute approximate surface area is 79.8 Å². The molecule has 1 aliphatic rings. The molecule has 0 amide bonds. The Morgan fingerprint density at radius 1 is 1.46 bits per heavy atom. The lowest BCUT2D eigenvalue weighted by atomic mass is 10.2. The molecule has 1 fully saturated rings. The van der Waals surface area contributed by atoms with Gasteiger partial charge in [-0.25, -0.2) is 0 Å². The molecular weight excluding hydrogens is 166 g/mol. The Hall–Kier alpha value is -0.410. The Morgan fingerprint density at radius 3 is 2.77 bits per heavy atom. The fourth-order valence-corrected chi connectivity index (χ4v) is 1.66. The second-order valence-electron chi connectivity index (χ2n) is 3.54. The number of ether oxygens (including phenoxy) is 1. The molecular formula is C10H19NO2. The number of nitrogens with one attached hydrogen (secondary N) is 1. The predicted octanol–water partition coefficient (Wildman–Crippen LogP) is 1.12. The fourth-order valence-electron chi connectivity index (χ4n) is 1.66. The largest absolute Gasteiger partial charge is 0.374 e. The zero-order valence-electron chi connectivity index (χ0n) is 8.34. The van der Waals surface area contributed by atoms with Crippen molar-refractivity contribution >= 4 is 5.78 Å². The van der Waals surface area contributed by atoms with Crippen LogP contribution in [0.2, 0.25) is 0 Å². The molecule has 0 unspecified atom stereocenters. The van der Waals surface area contributed by atoms with Crippen LogP contribution in [0.25, 0.3) is 0 Å². The van der Waals surface area contributed by atoms with Crippen molar-refractivity contribution in [2.45, 2.75) is 38.6 Å². The van der Waals surface area contributed by atoms with Gasteiger partial charge in [-0.05, 0) is 19.8 Å². The van der Waals surface area contributed by atoms with Gasteiger partial charge < -0.3 is 10.1 Å². The summed E-state index contributed by atoms with van der Waals surface area (Å²) in [5.41, 5.74) is 0. The van der Waals surface area contributed by atoms with Crippen LogP contribution in [0, 0.1) is 0 Å².